The van der Waals surface area contributed by atoms with Crippen molar-refractivity contribution in [2.24, 2.45) is 0 Å². The van der Waals surface area contributed by atoms with E-state index in [4.69, 9.17) is 9.47 Å². The van der Waals surface area contributed by atoms with E-state index in [9.17, 15) is 4.79 Å². The monoisotopic (exact) mass is 379 g/mol. The third kappa shape index (κ3) is 5.13. The second kappa shape index (κ2) is 9.60. The highest BCUT2D eigenvalue weighted by Gasteiger charge is 2.07. The number of para-hydroxylation sites is 1. The lowest BCUT2D eigenvalue weighted by Gasteiger charge is -2.10. The number of carbonyl (C=O) groups is 1. The van der Waals surface area contributed by atoms with Crippen molar-refractivity contribution in [1.82, 2.24) is 15.1 Å². The predicted molar refractivity (Wildman–Crippen MR) is 108 cm³/mol. The summed E-state index contributed by atoms with van der Waals surface area (Å²) in [4.78, 5) is 12.1. The summed E-state index contributed by atoms with van der Waals surface area (Å²) in [5, 5.41) is 7.33. The minimum atomic E-state index is 0.0351. The van der Waals surface area contributed by atoms with Gasteiger partial charge in [0.05, 0.1) is 26.1 Å². The van der Waals surface area contributed by atoms with E-state index in [2.05, 4.69) is 10.4 Å². The van der Waals surface area contributed by atoms with Crippen LogP contribution in [0.15, 0.2) is 60.9 Å². The minimum absolute atomic E-state index is 0.0351. The maximum absolute atomic E-state index is 12.1. The largest absolute Gasteiger partial charge is 0.493 e. The molecule has 1 N–H and O–H groups in total. The smallest absolute Gasteiger partial charge is 0.220 e. The molecule has 6 heteroatoms. The number of methoxy groups -OCH3 is 2. The first-order chi connectivity index (χ1) is 13.7. The quantitative estimate of drug-likeness (QED) is 0.620. The molecule has 3 aromatic rings. The van der Waals surface area contributed by atoms with Gasteiger partial charge in [0, 0.05) is 19.2 Å². The molecule has 0 bridgehead atoms. The number of ether oxygens (including phenoxy) is 2. The molecule has 0 unspecified atom stereocenters. The van der Waals surface area contributed by atoms with Gasteiger partial charge < -0.3 is 14.8 Å². The Labute approximate surface area is 165 Å². The zero-order valence-electron chi connectivity index (χ0n) is 16.2. The van der Waals surface area contributed by atoms with Gasteiger partial charge in [0.1, 0.15) is 0 Å². The molecule has 146 valence electrons. The summed E-state index contributed by atoms with van der Waals surface area (Å²) in [5.74, 6) is 1.43. The Hall–Kier alpha value is -3.28. The molecule has 28 heavy (non-hydrogen) atoms. The maximum atomic E-state index is 12.1. The lowest BCUT2D eigenvalue weighted by atomic mass is 10.1. The maximum Gasteiger partial charge on any atom is 0.220 e. The number of rotatable bonds is 9. The fourth-order valence-corrected chi connectivity index (χ4v) is 2.94. The zero-order chi connectivity index (χ0) is 19.8. The van der Waals surface area contributed by atoms with Crippen molar-refractivity contribution in [2.75, 3.05) is 20.8 Å². The van der Waals surface area contributed by atoms with E-state index in [1.807, 2.05) is 65.6 Å². The molecule has 0 fully saturated rings. The van der Waals surface area contributed by atoms with Crippen molar-refractivity contribution in [1.29, 1.82) is 0 Å². The minimum Gasteiger partial charge on any atom is -0.493 e. The molecule has 0 saturated heterocycles. The van der Waals surface area contributed by atoms with Crippen LogP contribution in [0, 0.1) is 0 Å². The Morgan fingerprint density at radius 2 is 1.79 bits per heavy atom. The van der Waals surface area contributed by atoms with Gasteiger partial charge in [-0.3, -0.25) is 4.79 Å². The third-order valence-electron chi connectivity index (χ3n) is 4.48. The molecule has 0 aliphatic carbocycles. The standard InChI is InChI=1S/C22H25N3O3/c1-27-20-10-8-17(14-21(20)28-2)12-13-23-22(26)11-9-18-15-24-25(16-18)19-6-4-3-5-7-19/h3-8,10,14-16H,9,11-13H2,1-2H3,(H,23,26). The van der Waals surface area contributed by atoms with Crippen LogP contribution in [-0.4, -0.2) is 36.5 Å². The second-order valence-electron chi connectivity index (χ2n) is 6.42. The molecule has 0 radical (unpaired) electrons. The zero-order valence-corrected chi connectivity index (χ0v) is 16.2. The van der Waals surface area contributed by atoms with Crippen molar-refractivity contribution < 1.29 is 14.3 Å². The highest BCUT2D eigenvalue weighted by molar-refractivity contribution is 5.76. The van der Waals surface area contributed by atoms with Crippen LogP contribution in [0.5, 0.6) is 11.5 Å². The lowest BCUT2D eigenvalue weighted by Crippen LogP contribution is -2.25. The molecule has 2 aromatic carbocycles. The molecule has 1 heterocycles. The first-order valence-corrected chi connectivity index (χ1v) is 9.26. The van der Waals surface area contributed by atoms with Crippen molar-refractivity contribution in [3.8, 4) is 17.2 Å². The van der Waals surface area contributed by atoms with E-state index in [0.717, 1.165) is 23.2 Å². The number of hydrogen-bond acceptors (Lipinski definition) is 4. The number of amides is 1. The van der Waals surface area contributed by atoms with Crippen LogP contribution in [0.25, 0.3) is 5.69 Å². The lowest BCUT2D eigenvalue weighted by molar-refractivity contribution is -0.121. The molecule has 0 atom stereocenters. The molecule has 0 aliphatic heterocycles. The number of aromatic nitrogens is 2. The van der Waals surface area contributed by atoms with Crippen molar-refractivity contribution in [3.05, 3.63) is 72.1 Å². The summed E-state index contributed by atoms with van der Waals surface area (Å²) >= 11 is 0. The van der Waals surface area contributed by atoms with Gasteiger partial charge in [0.15, 0.2) is 11.5 Å². The third-order valence-corrected chi connectivity index (χ3v) is 4.48. The van der Waals surface area contributed by atoms with Gasteiger partial charge in [-0.25, -0.2) is 4.68 Å². The first-order valence-electron chi connectivity index (χ1n) is 9.26. The van der Waals surface area contributed by atoms with Gasteiger partial charge in [0.25, 0.3) is 0 Å². The number of nitrogens with one attached hydrogen (secondary N) is 1. The molecule has 6 nitrogen and oxygen atoms in total. The van der Waals surface area contributed by atoms with Crippen LogP contribution in [-0.2, 0) is 17.6 Å². The van der Waals surface area contributed by atoms with E-state index < -0.39 is 0 Å². The van der Waals surface area contributed by atoms with E-state index in [-0.39, 0.29) is 5.91 Å². The number of hydrogen-bond donors (Lipinski definition) is 1. The molecule has 0 spiro atoms. The van der Waals surface area contributed by atoms with Crippen molar-refractivity contribution in [3.63, 3.8) is 0 Å². The van der Waals surface area contributed by atoms with E-state index in [1.54, 1.807) is 14.2 Å². The summed E-state index contributed by atoms with van der Waals surface area (Å²) < 4.78 is 12.4. The average molecular weight is 379 g/mol. The van der Waals surface area contributed by atoms with Crippen molar-refractivity contribution >= 4 is 5.91 Å². The van der Waals surface area contributed by atoms with Gasteiger partial charge in [-0.1, -0.05) is 24.3 Å². The summed E-state index contributed by atoms with van der Waals surface area (Å²) in [6.45, 7) is 0.581. The number of carbonyl (C=O) groups excluding carboxylic acids is 1. The first kappa shape index (κ1) is 19.5. The Morgan fingerprint density at radius 1 is 1.00 bits per heavy atom. The van der Waals surface area contributed by atoms with E-state index in [1.165, 1.54) is 0 Å². The molecular formula is C22H25N3O3. The SMILES string of the molecule is COc1ccc(CCNC(=O)CCc2cnn(-c3ccccc3)c2)cc1OC. The highest BCUT2D eigenvalue weighted by Crippen LogP contribution is 2.27. The van der Waals surface area contributed by atoms with Gasteiger partial charge in [0.2, 0.25) is 5.91 Å². The Kier molecular flexibility index (Phi) is 6.68. The number of nitrogens with zero attached hydrogens (tertiary/aromatic N) is 2. The normalized spacial score (nSPS) is 10.5. The fourth-order valence-electron chi connectivity index (χ4n) is 2.94. The molecule has 0 saturated carbocycles. The second-order valence-corrected chi connectivity index (χ2v) is 6.42. The molecule has 1 aromatic heterocycles. The average Bonchev–Trinajstić information content (AvgIpc) is 3.22. The molecular weight excluding hydrogens is 354 g/mol. The van der Waals surface area contributed by atoms with Gasteiger partial charge in [-0.15, -0.1) is 0 Å². The van der Waals surface area contributed by atoms with Crippen molar-refractivity contribution in [2.45, 2.75) is 19.3 Å². The van der Waals surface area contributed by atoms with Gasteiger partial charge in [-0.05, 0) is 48.2 Å². The summed E-state index contributed by atoms with van der Waals surface area (Å²) in [6, 6.07) is 15.7. The Bertz CT molecular complexity index is 906. The molecule has 0 aliphatic rings. The van der Waals surface area contributed by atoms with Crippen LogP contribution in [0.2, 0.25) is 0 Å². The Balaban J connectivity index is 1.43. The van der Waals surface area contributed by atoms with E-state index in [0.29, 0.717) is 30.9 Å². The summed E-state index contributed by atoms with van der Waals surface area (Å²) in [7, 11) is 3.23. The van der Waals surface area contributed by atoms with Crippen LogP contribution in [0.4, 0.5) is 0 Å². The highest BCUT2D eigenvalue weighted by atomic mass is 16.5. The van der Waals surface area contributed by atoms with Gasteiger partial charge in [-0.2, -0.15) is 5.10 Å². The van der Waals surface area contributed by atoms with Crippen LogP contribution < -0.4 is 14.8 Å². The van der Waals surface area contributed by atoms with Gasteiger partial charge >= 0.3 is 0 Å². The topological polar surface area (TPSA) is 65.4 Å². The van der Waals surface area contributed by atoms with Crippen LogP contribution >= 0.6 is 0 Å². The van der Waals surface area contributed by atoms with Crippen LogP contribution in [0.1, 0.15) is 17.5 Å². The summed E-state index contributed by atoms with van der Waals surface area (Å²) in [6.07, 6.45) is 5.61. The number of benzene rings is 2. The predicted octanol–water partition coefficient (Wildman–Crippen LogP) is 3.18. The molecule has 3 rings (SSSR count). The Morgan fingerprint density at radius 3 is 2.54 bits per heavy atom. The summed E-state index contributed by atoms with van der Waals surface area (Å²) in [5.41, 5.74) is 3.13. The van der Waals surface area contributed by atoms with Crippen LogP contribution in [0.3, 0.4) is 0 Å². The fraction of sp³-hybridized carbons (Fsp3) is 0.273. The number of aryl methyl sites for hydroxylation is 1. The van der Waals surface area contributed by atoms with E-state index >= 15 is 0 Å². The molecule has 1 amide bonds.